The zero-order chi connectivity index (χ0) is 11.7. The minimum absolute atomic E-state index is 0.0777. The number of fused-ring (bicyclic) bond motifs is 1. The molecule has 0 aliphatic heterocycles. The first-order chi connectivity index (χ1) is 7.63. The third-order valence-electron chi connectivity index (χ3n) is 2.19. The molecule has 0 saturated heterocycles. The summed E-state index contributed by atoms with van der Waals surface area (Å²) in [6, 6.07) is 5.04. The number of aromatic nitrogens is 1. The van der Waals surface area contributed by atoms with Crippen LogP contribution in [0.2, 0.25) is 5.02 Å². The van der Waals surface area contributed by atoms with Gasteiger partial charge in [0.15, 0.2) is 0 Å². The number of pyridine rings is 1. The molecule has 16 heavy (non-hydrogen) atoms. The molecule has 0 amide bonds. The second-order valence-electron chi connectivity index (χ2n) is 3.10. The number of hydrogen-bond acceptors (Lipinski definition) is 4. The van der Waals surface area contributed by atoms with Gasteiger partial charge in [0.05, 0.1) is 17.5 Å². The van der Waals surface area contributed by atoms with Crippen molar-refractivity contribution in [1.29, 1.82) is 0 Å². The molecule has 0 aliphatic carbocycles. The van der Waals surface area contributed by atoms with Gasteiger partial charge in [0.2, 0.25) is 0 Å². The largest absolute Gasteiger partial charge is 0.497 e. The van der Waals surface area contributed by atoms with Crippen LogP contribution in [0.5, 0.6) is 5.75 Å². The van der Waals surface area contributed by atoms with Crippen molar-refractivity contribution in [3.8, 4) is 5.75 Å². The quantitative estimate of drug-likeness (QED) is 0.596. The molecular weight excluding hydrogens is 232 g/mol. The molecule has 1 aromatic carbocycles. The Morgan fingerprint density at radius 1 is 1.50 bits per heavy atom. The van der Waals surface area contributed by atoms with Crippen LogP contribution in [0.4, 0.5) is 5.69 Å². The second-order valence-corrected chi connectivity index (χ2v) is 3.48. The van der Waals surface area contributed by atoms with Crippen LogP contribution in [0.1, 0.15) is 0 Å². The number of nitro groups is 1. The molecule has 82 valence electrons. The van der Waals surface area contributed by atoms with E-state index in [-0.39, 0.29) is 10.7 Å². The maximum Gasteiger partial charge on any atom is 0.306 e. The molecule has 6 heteroatoms. The lowest BCUT2D eigenvalue weighted by Crippen LogP contribution is -1.92. The van der Waals surface area contributed by atoms with Crippen LogP contribution >= 0.6 is 11.6 Å². The number of hydrogen-bond donors (Lipinski definition) is 0. The van der Waals surface area contributed by atoms with Crippen molar-refractivity contribution in [2.75, 3.05) is 7.11 Å². The number of halogens is 1. The molecule has 2 rings (SSSR count). The van der Waals surface area contributed by atoms with E-state index in [1.807, 2.05) is 0 Å². The monoisotopic (exact) mass is 238 g/mol. The van der Waals surface area contributed by atoms with Crippen LogP contribution in [0, 0.1) is 10.1 Å². The van der Waals surface area contributed by atoms with Crippen molar-refractivity contribution >= 4 is 28.2 Å². The molecule has 0 radical (unpaired) electrons. The number of methoxy groups -OCH3 is 1. The van der Waals surface area contributed by atoms with E-state index < -0.39 is 4.92 Å². The van der Waals surface area contributed by atoms with E-state index in [1.165, 1.54) is 7.11 Å². The highest BCUT2D eigenvalue weighted by Gasteiger charge is 2.16. The van der Waals surface area contributed by atoms with Crippen LogP contribution in [-0.4, -0.2) is 17.0 Å². The summed E-state index contributed by atoms with van der Waals surface area (Å²) in [5.74, 6) is 0.580. The third kappa shape index (κ3) is 1.65. The zero-order valence-corrected chi connectivity index (χ0v) is 9.06. The Balaban J connectivity index is 2.75. The Hall–Kier alpha value is -1.88. The van der Waals surface area contributed by atoms with Crippen LogP contribution in [0.15, 0.2) is 24.4 Å². The van der Waals surface area contributed by atoms with Crippen molar-refractivity contribution in [1.82, 2.24) is 4.98 Å². The molecule has 5 nitrogen and oxygen atoms in total. The minimum Gasteiger partial charge on any atom is -0.497 e. The predicted octanol–water partition coefficient (Wildman–Crippen LogP) is 2.81. The lowest BCUT2D eigenvalue weighted by atomic mass is 10.2. The summed E-state index contributed by atoms with van der Waals surface area (Å²) >= 11 is 5.93. The summed E-state index contributed by atoms with van der Waals surface area (Å²) < 4.78 is 5.02. The third-order valence-corrected chi connectivity index (χ3v) is 2.58. The van der Waals surface area contributed by atoms with Crippen LogP contribution in [-0.2, 0) is 0 Å². The molecule has 2 aromatic rings. The number of nitrogens with zero attached hydrogens (tertiary/aromatic N) is 2. The van der Waals surface area contributed by atoms with E-state index >= 15 is 0 Å². The van der Waals surface area contributed by atoms with Crippen LogP contribution < -0.4 is 4.74 Å². The van der Waals surface area contributed by atoms with E-state index in [1.54, 1.807) is 18.2 Å². The summed E-state index contributed by atoms with van der Waals surface area (Å²) in [7, 11) is 1.51. The summed E-state index contributed by atoms with van der Waals surface area (Å²) in [6.45, 7) is 0. The summed E-state index contributed by atoms with van der Waals surface area (Å²) in [6.07, 6.45) is 1.15. The van der Waals surface area contributed by atoms with Crippen molar-refractivity contribution in [2.24, 2.45) is 0 Å². The van der Waals surface area contributed by atoms with Gasteiger partial charge in [0.25, 0.3) is 0 Å². The Morgan fingerprint density at radius 2 is 2.25 bits per heavy atom. The Labute approximate surface area is 95.8 Å². The maximum atomic E-state index is 10.7. The highest BCUT2D eigenvalue weighted by Crippen LogP contribution is 2.32. The van der Waals surface area contributed by atoms with E-state index in [4.69, 9.17) is 16.3 Å². The minimum atomic E-state index is -0.561. The molecule has 0 saturated carbocycles. The first kappa shape index (κ1) is 10.6. The summed E-state index contributed by atoms with van der Waals surface area (Å²) in [5.41, 5.74) is 0.388. The van der Waals surface area contributed by atoms with Gasteiger partial charge in [-0.3, -0.25) is 10.1 Å². The molecule has 0 N–H and O–H groups in total. The maximum absolute atomic E-state index is 10.7. The van der Waals surface area contributed by atoms with Crippen LogP contribution in [0.25, 0.3) is 10.9 Å². The number of benzene rings is 1. The fourth-order valence-corrected chi connectivity index (χ4v) is 1.65. The van der Waals surface area contributed by atoms with Gasteiger partial charge in [0, 0.05) is 5.39 Å². The number of ether oxygens (including phenoxy) is 1. The molecule has 0 aliphatic rings. The van der Waals surface area contributed by atoms with Crippen molar-refractivity contribution in [2.45, 2.75) is 0 Å². The Kier molecular flexibility index (Phi) is 2.62. The van der Waals surface area contributed by atoms with Crippen molar-refractivity contribution in [3.05, 3.63) is 39.5 Å². The van der Waals surface area contributed by atoms with Gasteiger partial charge in [-0.15, -0.1) is 0 Å². The topological polar surface area (TPSA) is 65.3 Å². The van der Waals surface area contributed by atoms with E-state index in [0.717, 1.165) is 6.20 Å². The van der Waals surface area contributed by atoms with Crippen LogP contribution in [0.3, 0.4) is 0 Å². The van der Waals surface area contributed by atoms with Gasteiger partial charge in [-0.1, -0.05) is 11.6 Å². The average molecular weight is 239 g/mol. The molecule has 0 unspecified atom stereocenters. The predicted molar refractivity (Wildman–Crippen MR) is 60.0 cm³/mol. The normalized spacial score (nSPS) is 10.4. The molecule has 0 spiro atoms. The van der Waals surface area contributed by atoms with Gasteiger partial charge in [-0.2, -0.15) is 0 Å². The fourth-order valence-electron chi connectivity index (χ4n) is 1.38. The lowest BCUT2D eigenvalue weighted by molar-refractivity contribution is -0.384. The molecular formula is C10H7ClN2O3. The molecule has 0 bridgehead atoms. The Bertz CT molecular complexity index is 571. The highest BCUT2D eigenvalue weighted by atomic mass is 35.5. The SMILES string of the molecule is COc1ccc2ncc([N+](=O)[O-])c(Cl)c2c1. The molecule has 1 heterocycles. The molecule has 0 atom stereocenters. The summed E-state index contributed by atoms with van der Waals surface area (Å²) in [4.78, 5) is 14.1. The highest BCUT2D eigenvalue weighted by molar-refractivity contribution is 6.37. The van der Waals surface area contributed by atoms with Gasteiger partial charge >= 0.3 is 5.69 Å². The van der Waals surface area contributed by atoms with Gasteiger partial charge in [-0.25, -0.2) is 4.98 Å². The average Bonchev–Trinajstić information content (AvgIpc) is 2.28. The second kappa shape index (κ2) is 3.94. The smallest absolute Gasteiger partial charge is 0.306 e. The van der Waals surface area contributed by atoms with E-state index in [2.05, 4.69) is 4.98 Å². The summed E-state index contributed by atoms with van der Waals surface area (Å²) in [5, 5.41) is 11.3. The molecule has 1 aromatic heterocycles. The lowest BCUT2D eigenvalue weighted by Gasteiger charge is -2.03. The molecule has 0 fully saturated rings. The van der Waals surface area contributed by atoms with E-state index in [9.17, 15) is 10.1 Å². The van der Waals surface area contributed by atoms with Gasteiger partial charge in [0.1, 0.15) is 17.0 Å². The standard InChI is InChI=1S/C10H7ClN2O3/c1-16-6-2-3-8-7(4-6)10(11)9(5-12-8)13(14)15/h2-5H,1H3. The number of rotatable bonds is 2. The zero-order valence-electron chi connectivity index (χ0n) is 8.31. The van der Waals surface area contributed by atoms with Crippen molar-refractivity contribution in [3.63, 3.8) is 0 Å². The first-order valence-electron chi connectivity index (χ1n) is 4.40. The van der Waals surface area contributed by atoms with Gasteiger partial charge in [-0.05, 0) is 18.2 Å². The fraction of sp³-hybridized carbons (Fsp3) is 0.100. The van der Waals surface area contributed by atoms with Crippen molar-refractivity contribution < 1.29 is 9.66 Å². The van der Waals surface area contributed by atoms with Gasteiger partial charge < -0.3 is 4.74 Å². The van der Waals surface area contributed by atoms with E-state index in [0.29, 0.717) is 16.7 Å². The first-order valence-corrected chi connectivity index (χ1v) is 4.78. The Morgan fingerprint density at radius 3 is 2.88 bits per heavy atom.